The second-order valence-corrected chi connectivity index (χ2v) is 8.07. The van der Waals surface area contributed by atoms with Crippen LogP contribution >= 0.6 is 11.6 Å². The van der Waals surface area contributed by atoms with Crippen LogP contribution in [-0.4, -0.2) is 20.7 Å². The first-order valence-corrected chi connectivity index (χ1v) is 9.23. The third-order valence-electron chi connectivity index (χ3n) is 3.86. The summed E-state index contributed by atoms with van der Waals surface area (Å²) in [5, 5.41) is 3.99. The van der Waals surface area contributed by atoms with Crippen LogP contribution in [0.15, 0.2) is 18.2 Å². The standard InChI is InChI=1S/C14H19ClN2O2S/c1-20(18,19)17-13-7-6-11(8-12(13)15)16-14(9-2-3-9)10-4-5-10/h6-10,14,16-17H,2-5H2,1H3. The molecular formula is C14H19ClN2O2S. The van der Waals surface area contributed by atoms with Crippen molar-refractivity contribution in [2.45, 2.75) is 31.7 Å². The van der Waals surface area contributed by atoms with Crippen LogP contribution in [0.2, 0.25) is 5.02 Å². The number of hydrogen-bond donors (Lipinski definition) is 2. The summed E-state index contributed by atoms with van der Waals surface area (Å²) in [7, 11) is -3.30. The van der Waals surface area contributed by atoms with Crippen LogP contribution in [0.4, 0.5) is 11.4 Å². The first-order chi connectivity index (χ1) is 9.42. The number of nitrogens with one attached hydrogen (secondary N) is 2. The van der Waals surface area contributed by atoms with Gasteiger partial charge in [0.15, 0.2) is 0 Å². The summed E-state index contributed by atoms with van der Waals surface area (Å²) >= 11 is 6.14. The Hall–Kier alpha value is -0.940. The van der Waals surface area contributed by atoms with E-state index in [4.69, 9.17) is 11.6 Å². The molecule has 2 fully saturated rings. The molecule has 0 bridgehead atoms. The van der Waals surface area contributed by atoms with Gasteiger partial charge in [0, 0.05) is 11.7 Å². The Bertz CT molecular complexity index is 598. The topological polar surface area (TPSA) is 58.2 Å². The van der Waals surface area contributed by atoms with E-state index in [1.165, 1.54) is 25.7 Å². The van der Waals surface area contributed by atoms with Gasteiger partial charge in [-0.05, 0) is 55.7 Å². The predicted octanol–water partition coefficient (Wildman–Crippen LogP) is 3.31. The number of rotatable bonds is 6. The quantitative estimate of drug-likeness (QED) is 0.847. The lowest BCUT2D eigenvalue weighted by molar-refractivity contribution is 0.568. The van der Waals surface area contributed by atoms with E-state index in [9.17, 15) is 8.42 Å². The van der Waals surface area contributed by atoms with E-state index in [-0.39, 0.29) is 0 Å². The highest BCUT2D eigenvalue weighted by molar-refractivity contribution is 7.92. The molecule has 0 aliphatic heterocycles. The molecule has 20 heavy (non-hydrogen) atoms. The predicted molar refractivity (Wildman–Crippen MR) is 82.8 cm³/mol. The fourth-order valence-electron chi connectivity index (χ4n) is 2.61. The minimum atomic E-state index is -3.30. The Morgan fingerprint density at radius 3 is 2.25 bits per heavy atom. The molecule has 0 unspecified atom stereocenters. The number of anilines is 2. The average Bonchev–Trinajstić information content (AvgIpc) is 3.22. The maximum absolute atomic E-state index is 11.2. The van der Waals surface area contributed by atoms with Crippen LogP contribution in [0, 0.1) is 11.8 Å². The van der Waals surface area contributed by atoms with E-state index in [0.717, 1.165) is 23.8 Å². The van der Waals surface area contributed by atoms with E-state index in [2.05, 4.69) is 10.0 Å². The molecule has 1 aromatic carbocycles. The van der Waals surface area contributed by atoms with E-state index < -0.39 is 10.0 Å². The minimum absolute atomic E-state index is 0.422. The Labute approximate surface area is 125 Å². The molecule has 0 amide bonds. The summed E-state index contributed by atoms with van der Waals surface area (Å²) in [6.45, 7) is 0. The van der Waals surface area contributed by atoms with Gasteiger partial charge < -0.3 is 5.32 Å². The lowest BCUT2D eigenvalue weighted by atomic mass is 10.1. The first kappa shape index (κ1) is 14.0. The van der Waals surface area contributed by atoms with Gasteiger partial charge in [0.25, 0.3) is 0 Å². The lowest BCUT2D eigenvalue weighted by Gasteiger charge is -2.19. The number of benzene rings is 1. The van der Waals surface area contributed by atoms with Crippen molar-refractivity contribution in [2.24, 2.45) is 11.8 Å². The molecule has 1 aromatic rings. The number of hydrogen-bond acceptors (Lipinski definition) is 3. The van der Waals surface area contributed by atoms with Gasteiger partial charge in [-0.2, -0.15) is 0 Å². The highest BCUT2D eigenvalue weighted by Crippen LogP contribution is 2.46. The fourth-order valence-corrected chi connectivity index (χ4v) is 3.47. The van der Waals surface area contributed by atoms with E-state index in [1.807, 2.05) is 6.07 Å². The second-order valence-electron chi connectivity index (χ2n) is 5.91. The normalized spacial score (nSPS) is 19.1. The van der Waals surface area contributed by atoms with Crippen molar-refractivity contribution >= 4 is 33.0 Å². The van der Waals surface area contributed by atoms with Crippen LogP contribution in [0.1, 0.15) is 25.7 Å². The Morgan fingerprint density at radius 2 is 1.80 bits per heavy atom. The molecule has 2 saturated carbocycles. The average molecular weight is 315 g/mol. The summed E-state index contributed by atoms with van der Waals surface area (Å²) in [5.74, 6) is 1.60. The van der Waals surface area contributed by atoms with Gasteiger partial charge in [0.05, 0.1) is 17.0 Å². The Morgan fingerprint density at radius 1 is 1.20 bits per heavy atom. The van der Waals surface area contributed by atoms with Crippen LogP contribution < -0.4 is 10.0 Å². The molecule has 0 radical (unpaired) electrons. The molecule has 4 nitrogen and oxygen atoms in total. The van der Waals surface area contributed by atoms with Crippen molar-refractivity contribution in [1.29, 1.82) is 0 Å². The monoisotopic (exact) mass is 314 g/mol. The largest absolute Gasteiger partial charge is 0.382 e. The molecule has 0 spiro atoms. The van der Waals surface area contributed by atoms with Crippen LogP contribution in [0.25, 0.3) is 0 Å². The van der Waals surface area contributed by atoms with E-state index in [1.54, 1.807) is 12.1 Å². The highest BCUT2D eigenvalue weighted by Gasteiger charge is 2.41. The molecule has 2 aliphatic rings. The molecule has 0 saturated heterocycles. The van der Waals surface area contributed by atoms with E-state index in [0.29, 0.717) is 16.8 Å². The summed E-state index contributed by atoms with van der Waals surface area (Å²) in [6.07, 6.45) is 6.38. The Kier molecular flexibility index (Phi) is 3.58. The van der Waals surface area contributed by atoms with Gasteiger partial charge in [-0.3, -0.25) is 4.72 Å². The van der Waals surface area contributed by atoms with Crippen LogP contribution in [-0.2, 0) is 10.0 Å². The molecule has 0 atom stereocenters. The smallest absolute Gasteiger partial charge is 0.229 e. The van der Waals surface area contributed by atoms with Gasteiger partial charge in [-0.1, -0.05) is 11.6 Å². The van der Waals surface area contributed by atoms with E-state index >= 15 is 0 Å². The molecule has 0 heterocycles. The first-order valence-electron chi connectivity index (χ1n) is 6.96. The van der Waals surface area contributed by atoms with Gasteiger partial charge in [-0.15, -0.1) is 0 Å². The second kappa shape index (κ2) is 5.11. The molecule has 2 N–H and O–H groups in total. The third-order valence-corrected chi connectivity index (χ3v) is 4.76. The molecule has 0 aromatic heterocycles. The zero-order valence-electron chi connectivity index (χ0n) is 11.4. The van der Waals surface area contributed by atoms with Crippen molar-refractivity contribution < 1.29 is 8.42 Å². The number of halogens is 1. The third kappa shape index (κ3) is 3.58. The van der Waals surface area contributed by atoms with Crippen LogP contribution in [0.3, 0.4) is 0 Å². The minimum Gasteiger partial charge on any atom is -0.382 e. The highest BCUT2D eigenvalue weighted by atomic mass is 35.5. The van der Waals surface area contributed by atoms with Crippen molar-refractivity contribution in [2.75, 3.05) is 16.3 Å². The zero-order valence-corrected chi connectivity index (χ0v) is 13.0. The number of sulfonamides is 1. The molecule has 6 heteroatoms. The summed E-state index contributed by atoms with van der Waals surface area (Å²) in [5.41, 5.74) is 1.40. The van der Waals surface area contributed by atoms with Crippen molar-refractivity contribution in [3.8, 4) is 0 Å². The molecular weight excluding hydrogens is 296 g/mol. The van der Waals surface area contributed by atoms with Gasteiger partial charge >= 0.3 is 0 Å². The SMILES string of the molecule is CS(=O)(=O)Nc1ccc(NC(C2CC2)C2CC2)cc1Cl. The molecule has 110 valence electrons. The van der Waals surface area contributed by atoms with Gasteiger partial charge in [0.1, 0.15) is 0 Å². The summed E-state index contributed by atoms with van der Waals surface area (Å²) in [4.78, 5) is 0. The van der Waals surface area contributed by atoms with Crippen molar-refractivity contribution in [3.63, 3.8) is 0 Å². The summed E-state index contributed by atoms with van der Waals surface area (Å²) in [6, 6.07) is 5.95. The summed E-state index contributed by atoms with van der Waals surface area (Å²) < 4.78 is 24.9. The fraction of sp³-hybridized carbons (Fsp3) is 0.571. The maximum atomic E-state index is 11.2. The molecule has 3 rings (SSSR count). The van der Waals surface area contributed by atoms with Crippen molar-refractivity contribution in [3.05, 3.63) is 23.2 Å². The zero-order chi connectivity index (χ0) is 14.3. The van der Waals surface area contributed by atoms with Gasteiger partial charge in [0.2, 0.25) is 10.0 Å². The Balaban J connectivity index is 1.72. The van der Waals surface area contributed by atoms with Crippen molar-refractivity contribution in [1.82, 2.24) is 0 Å². The maximum Gasteiger partial charge on any atom is 0.229 e. The lowest BCUT2D eigenvalue weighted by Crippen LogP contribution is -2.24. The molecule has 2 aliphatic carbocycles. The van der Waals surface area contributed by atoms with Gasteiger partial charge in [-0.25, -0.2) is 8.42 Å². The van der Waals surface area contributed by atoms with Crippen LogP contribution in [0.5, 0.6) is 0 Å².